The summed E-state index contributed by atoms with van der Waals surface area (Å²) in [5.41, 5.74) is 1.72. The van der Waals surface area contributed by atoms with Crippen molar-refractivity contribution >= 4 is 11.0 Å². The topological polar surface area (TPSA) is 67.5 Å². The van der Waals surface area contributed by atoms with Crippen molar-refractivity contribution < 1.29 is 14.9 Å². The van der Waals surface area contributed by atoms with Crippen molar-refractivity contribution in [2.75, 3.05) is 19.8 Å². The zero-order valence-electron chi connectivity index (χ0n) is 9.54. The lowest BCUT2D eigenvalue weighted by molar-refractivity contribution is 0.0874. The van der Waals surface area contributed by atoms with Crippen molar-refractivity contribution in [1.82, 2.24) is 9.55 Å². The Morgan fingerprint density at radius 3 is 2.94 bits per heavy atom. The average Bonchev–Trinajstić information content (AvgIpc) is 2.73. The van der Waals surface area contributed by atoms with Crippen molar-refractivity contribution in [3.05, 3.63) is 30.1 Å². The van der Waals surface area contributed by atoms with Gasteiger partial charge in [-0.2, -0.15) is 0 Å². The number of nitrogens with zero attached hydrogens (tertiary/aromatic N) is 2. The number of hydrogen-bond donors (Lipinski definition) is 2. The fraction of sp³-hybridized carbons (Fsp3) is 0.417. The van der Waals surface area contributed by atoms with Crippen molar-refractivity contribution in [2.24, 2.45) is 0 Å². The normalized spacial score (nSPS) is 11.2. The highest BCUT2D eigenvalue weighted by Crippen LogP contribution is 2.18. The van der Waals surface area contributed by atoms with E-state index in [0.717, 1.165) is 16.6 Å². The minimum absolute atomic E-state index is 0.00664. The molecule has 5 heteroatoms. The molecule has 0 bridgehead atoms. The molecule has 2 heterocycles. The lowest BCUT2D eigenvalue weighted by Crippen LogP contribution is -2.08. The number of pyridine rings is 1. The number of fused-ring (bicyclic) bond motifs is 1. The molecule has 0 saturated heterocycles. The molecule has 0 atom stereocenters. The molecule has 0 radical (unpaired) electrons. The van der Waals surface area contributed by atoms with Crippen molar-refractivity contribution in [2.45, 2.75) is 13.2 Å². The van der Waals surface area contributed by atoms with Crippen LogP contribution in [0.4, 0.5) is 0 Å². The average molecular weight is 236 g/mol. The molecule has 0 saturated carbocycles. The quantitative estimate of drug-likeness (QED) is 0.718. The maximum absolute atomic E-state index is 9.25. The standard InChI is InChI=1S/C12H16N2O3/c15-5-7-17-6-4-14-8-10(9-16)11-2-1-3-13-12(11)14/h1-3,8,15-16H,4-7,9H2. The molecular weight excluding hydrogens is 220 g/mol. The molecule has 0 aliphatic heterocycles. The lowest BCUT2D eigenvalue weighted by atomic mass is 10.2. The molecular formula is C12H16N2O3. The van der Waals surface area contributed by atoms with Gasteiger partial charge in [0.1, 0.15) is 5.65 Å². The molecule has 0 spiro atoms. The summed E-state index contributed by atoms with van der Waals surface area (Å²) in [7, 11) is 0. The Morgan fingerprint density at radius 1 is 1.29 bits per heavy atom. The Balaban J connectivity index is 2.16. The summed E-state index contributed by atoms with van der Waals surface area (Å²) in [5.74, 6) is 0. The number of hydrogen-bond acceptors (Lipinski definition) is 4. The first-order chi connectivity index (χ1) is 8.36. The maximum atomic E-state index is 9.25. The van der Waals surface area contributed by atoms with Gasteiger partial charge in [0.2, 0.25) is 0 Å². The van der Waals surface area contributed by atoms with Crippen LogP contribution in [0.3, 0.4) is 0 Å². The van der Waals surface area contributed by atoms with E-state index >= 15 is 0 Å². The molecule has 0 aliphatic rings. The fourth-order valence-electron chi connectivity index (χ4n) is 1.82. The molecule has 2 aromatic heterocycles. The lowest BCUT2D eigenvalue weighted by Gasteiger charge is -2.04. The third-order valence-corrected chi connectivity index (χ3v) is 2.60. The van der Waals surface area contributed by atoms with E-state index < -0.39 is 0 Å². The van der Waals surface area contributed by atoms with E-state index in [-0.39, 0.29) is 13.2 Å². The second-order valence-corrected chi connectivity index (χ2v) is 3.72. The summed E-state index contributed by atoms with van der Waals surface area (Å²) in [4.78, 5) is 4.30. The molecule has 0 fully saturated rings. The van der Waals surface area contributed by atoms with E-state index in [1.807, 2.05) is 22.9 Å². The minimum Gasteiger partial charge on any atom is -0.394 e. The Morgan fingerprint density at radius 2 is 2.18 bits per heavy atom. The van der Waals surface area contributed by atoms with Crippen molar-refractivity contribution in [3.63, 3.8) is 0 Å². The van der Waals surface area contributed by atoms with Crippen LogP contribution in [0.15, 0.2) is 24.5 Å². The zero-order valence-corrected chi connectivity index (χ0v) is 9.54. The first-order valence-electron chi connectivity index (χ1n) is 5.59. The smallest absolute Gasteiger partial charge is 0.140 e. The first-order valence-corrected chi connectivity index (χ1v) is 5.59. The van der Waals surface area contributed by atoms with Gasteiger partial charge in [-0.3, -0.25) is 0 Å². The second-order valence-electron chi connectivity index (χ2n) is 3.72. The predicted octanol–water partition coefficient (Wildman–Crippen LogP) is 0.537. The van der Waals surface area contributed by atoms with Gasteiger partial charge in [-0.1, -0.05) is 0 Å². The van der Waals surface area contributed by atoms with Gasteiger partial charge in [-0.25, -0.2) is 4.98 Å². The van der Waals surface area contributed by atoms with Crippen LogP contribution in [-0.2, 0) is 17.9 Å². The summed E-state index contributed by atoms with van der Waals surface area (Å²) >= 11 is 0. The Hall–Kier alpha value is -1.43. The number of aromatic nitrogens is 2. The summed E-state index contributed by atoms with van der Waals surface area (Å²) in [6.45, 7) is 1.57. The van der Waals surface area contributed by atoms with E-state index in [4.69, 9.17) is 9.84 Å². The van der Waals surface area contributed by atoms with Gasteiger partial charge in [0.25, 0.3) is 0 Å². The maximum Gasteiger partial charge on any atom is 0.140 e. The Labute approximate surface area is 99.3 Å². The van der Waals surface area contributed by atoms with Crippen LogP contribution in [0.2, 0.25) is 0 Å². The highest BCUT2D eigenvalue weighted by Gasteiger charge is 2.07. The second kappa shape index (κ2) is 5.77. The number of rotatable bonds is 6. The molecule has 2 rings (SSSR count). The van der Waals surface area contributed by atoms with E-state index in [1.165, 1.54) is 0 Å². The zero-order chi connectivity index (χ0) is 12.1. The van der Waals surface area contributed by atoms with Gasteiger partial charge >= 0.3 is 0 Å². The van der Waals surface area contributed by atoms with Gasteiger partial charge in [0, 0.05) is 29.9 Å². The van der Waals surface area contributed by atoms with Crippen LogP contribution in [0.25, 0.3) is 11.0 Å². The summed E-state index contributed by atoms with van der Waals surface area (Å²) in [5, 5.41) is 18.8. The molecule has 0 amide bonds. The van der Waals surface area contributed by atoms with Crippen LogP contribution in [-0.4, -0.2) is 39.6 Å². The van der Waals surface area contributed by atoms with Crippen LogP contribution in [0.5, 0.6) is 0 Å². The summed E-state index contributed by atoms with van der Waals surface area (Å²) in [6, 6.07) is 3.80. The first kappa shape index (κ1) is 12.0. The summed E-state index contributed by atoms with van der Waals surface area (Å²) < 4.78 is 7.17. The van der Waals surface area contributed by atoms with Crippen LogP contribution >= 0.6 is 0 Å². The highest BCUT2D eigenvalue weighted by molar-refractivity contribution is 5.80. The molecule has 0 unspecified atom stereocenters. The van der Waals surface area contributed by atoms with Gasteiger partial charge in [-0.15, -0.1) is 0 Å². The Bertz CT molecular complexity index is 482. The van der Waals surface area contributed by atoms with E-state index in [1.54, 1.807) is 6.20 Å². The molecule has 5 nitrogen and oxygen atoms in total. The van der Waals surface area contributed by atoms with Crippen molar-refractivity contribution in [1.29, 1.82) is 0 Å². The van der Waals surface area contributed by atoms with Crippen LogP contribution in [0, 0.1) is 0 Å². The molecule has 0 aromatic carbocycles. The van der Waals surface area contributed by atoms with Gasteiger partial charge < -0.3 is 19.5 Å². The van der Waals surface area contributed by atoms with E-state index in [2.05, 4.69) is 4.98 Å². The Kier molecular flexibility index (Phi) is 4.08. The SMILES string of the molecule is OCCOCCn1cc(CO)c2cccnc21. The molecule has 17 heavy (non-hydrogen) atoms. The van der Waals surface area contributed by atoms with Crippen LogP contribution in [0.1, 0.15) is 5.56 Å². The molecule has 2 aromatic rings. The van der Waals surface area contributed by atoms with Gasteiger partial charge in [-0.05, 0) is 12.1 Å². The molecule has 92 valence electrons. The van der Waals surface area contributed by atoms with Gasteiger partial charge in [0.15, 0.2) is 0 Å². The molecule has 0 aliphatic carbocycles. The fourth-order valence-corrected chi connectivity index (χ4v) is 1.82. The number of ether oxygens (including phenoxy) is 1. The monoisotopic (exact) mass is 236 g/mol. The minimum atomic E-state index is 0.00664. The van der Waals surface area contributed by atoms with E-state index in [0.29, 0.717) is 19.8 Å². The highest BCUT2D eigenvalue weighted by atomic mass is 16.5. The third-order valence-electron chi connectivity index (χ3n) is 2.60. The number of aliphatic hydroxyl groups is 2. The van der Waals surface area contributed by atoms with E-state index in [9.17, 15) is 5.11 Å². The van der Waals surface area contributed by atoms with Crippen LogP contribution < -0.4 is 0 Å². The molecule has 2 N–H and O–H groups in total. The third kappa shape index (κ3) is 2.63. The van der Waals surface area contributed by atoms with Gasteiger partial charge in [0.05, 0.1) is 26.4 Å². The number of aliphatic hydroxyl groups excluding tert-OH is 2. The summed E-state index contributed by atoms with van der Waals surface area (Å²) in [6.07, 6.45) is 3.62. The largest absolute Gasteiger partial charge is 0.394 e. The van der Waals surface area contributed by atoms with Crippen molar-refractivity contribution in [3.8, 4) is 0 Å². The predicted molar refractivity (Wildman–Crippen MR) is 63.6 cm³/mol.